The lowest BCUT2D eigenvalue weighted by Crippen LogP contribution is -2.16. The van der Waals surface area contributed by atoms with Crippen LogP contribution < -0.4 is 5.32 Å². The Kier molecular flexibility index (Phi) is 4.38. The number of benzene rings is 1. The van der Waals surface area contributed by atoms with Crippen LogP contribution in [0.1, 0.15) is 37.7 Å². The van der Waals surface area contributed by atoms with Gasteiger partial charge >= 0.3 is 0 Å². The molecule has 0 amide bonds. The van der Waals surface area contributed by atoms with E-state index in [1.54, 1.807) is 0 Å². The van der Waals surface area contributed by atoms with Crippen molar-refractivity contribution in [1.29, 1.82) is 0 Å². The van der Waals surface area contributed by atoms with Crippen molar-refractivity contribution in [2.75, 3.05) is 6.61 Å². The maximum absolute atomic E-state index is 8.85. The van der Waals surface area contributed by atoms with E-state index in [9.17, 15) is 0 Å². The van der Waals surface area contributed by atoms with E-state index in [1.165, 1.54) is 29.3 Å². The Balaban J connectivity index is 1.73. The Morgan fingerprint density at radius 2 is 2.05 bits per heavy atom. The Hall–Kier alpha value is -1.32. The summed E-state index contributed by atoms with van der Waals surface area (Å²) in [4.78, 5) is 0. The predicted octanol–water partition coefficient (Wildman–Crippen LogP) is 3.06. The van der Waals surface area contributed by atoms with Crippen LogP contribution in [0.4, 0.5) is 0 Å². The van der Waals surface area contributed by atoms with Crippen molar-refractivity contribution in [1.82, 2.24) is 9.88 Å². The van der Waals surface area contributed by atoms with Gasteiger partial charge < -0.3 is 15.0 Å². The number of hydrogen-bond acceptors (Lipinski definition) is 2. The van der Waals surface area contributed by atoms with E-state index >= 15 is 0 Å². The topological polar surface area (TPSA) is 37.2 Å². The normalized spacial score (nSPS) is 15.1. The minimum Gasteiger partial charge on any atom is -0.396 e. The van der Waals surface area contributed by atoms with Gasteiger partial charge in [0.2, 0.25) is 0 Å². The molecule has 1 aliphatic carbocycles. The molecule has 20 heavy (non-hydrogen) atoms. The summed E-state index contributed by atoms with van der Waals surface area (Å²) >= 11 is 0. The Labute approximate surface area is 120 Å². The van der Waals surface area contributed by atoms with E-state index in [0.717, 1.165) is 38.4 Å². The van der Waals surface area contributed by atoms with Gasteiger partial charge in [-0.1, -0.05) is 18.2 Å². The lowest BCUT2D eigenvalue weighted by Gasteiger charge is -2.10. The fourth-order valence-corrected chi connectivity index (χ4v) is 2.78. The molecule has 0 aliphatic heterocycles. The van der Waals surface area contributed by atoms with Gasteiger partial charge in [0.1, 0.15) is 0 Å². The van der Waals surface area contributed by atoms with E-state index in [-0.39, 0.29) is 0 Å². The lowest BCUT2D eigenvalue weighted by atomic mass is 10.1. The average molecular weight is 272 g/mol. The molecule has 1 aromatic carbocycles. The van der Waals surface area contributed by atoms with Gasteiger partial charge in [0.15, 0.2) is 0 Å². The Bertz CT molecular complexity index is 557. The number of aromatic nitrogens is 1. The second kappa shape index (κ2) is 6.42. The lowest BCUT2D eigenvalue weighted by molar-refractivity contribution is 0.282. The molecule has 1 saturated carbocycles. The number of aryl methyl sites for hydroxylation is 1. The molecule has 3 heteroatoms. The number of nitrogens with zero attached hydrogens (tertiary/aromatic N) is 1. The summed E-state index contributed by atoms with van der Waals surface area (Å²) in [6.07, 6.45) is 8.00. The van der Waals surface area contributed by atoms with Crippen molar-refractivity contribution in [2.45, 2.75) is 51.2 Å². The van der Waals surface area contributed by atoms with E-state index < -0.39 is 0 Å². The number of rotatable bonds is 8. The number of aliphatic hydroxyl groups excluding tert-OH is 1. The highest BCUT2D eigenvalue weighted by Gasteiger charge is 2.20. The largest absolute Gasteiger partial charge is 0.396 e. The molecule has 1 heterocycles. The van der Waals surface area contributed by atoms with Crippen LogP contribution in [-0.2, 0) is 13.1 Å². The first-order valence-electron chi connectivity index (χ1n) is 7.79. The molecule has 0 radical (unpaired) electrons. The van der Waals surface area contributed by atoms with Crippen LogP contribution in [0.2, 0.25) is 0 Å². The van der Waals surface area contributed by atoms with Crippen molar-refractivity contribution < 1.29 is 5.11 Å². The summed E-state index contributed by atoms with van der Waals surface area (Å²) in [6.45, 7) is 2.33. The molecule has 2 N–H and O–H groups in total. The minimum atomic E-state index is 0.309. The van der Waals surface area contributed by atoms with Gasteiger partial charge in [-0.2, -0.15) is 0 Å². The standard InChI is InChI=1S/C17H24N2O/c20-12-3-1-2-10-19-11-9-14-5-4-6-15(17(14)19)13-18-16-7-8-16/h4-6,9,11,16,18,20H,1-3,7-8,10,12-13H2. The second-order valence-corrected chi connectivity index (χ2v) is 5.80. The molecule has 0 bridgehead atoms. The number of aliphatic hydroxyl groups is 1. The van der Waals surface area contributed by atoms with Crippen molar-refractivity contribution in [2.24, 2.45) is 0 Å². The zero-order valence-electron chi connectivity index (χ0n) is 12.0. The highest BCUT2D eigenvalue weighted by atomic mass is 16.2. The van der Waals surface area contributed by atoms with Gasteiger partial charge in [-0.05, 0) is 49.1 Å². The molecule has 0 spiro atoms. The minimum absolute atomic E-state index is 0.309. The van der Waals surface area contributed by atoms with Gasteiger partial charge in [0, 0.05) is 31.9 Å². The SMILES string of the molecule is OCCCCCn1ccc2cccc(CNC3CC3)c21. The van der Waals surface area contributed by atoms with E-state index in [2.05, 4.69) is 40.3 Å². The monoisotopic (exact) mass is 272 g/mol. The van der Waals surface area contributed by atoms with Gasteiger partial charge in [-0.3, -0.25) is 0 Å². The molecule has 108 valence electrons. The number of nitrogens with one attached hydrogen (secondary N) is 1. The molecule has 2 aromatic rings. The first-order chi connectivity index (χ1) is 9.88. The van der Waals surface area contributed by atoms with Crippen LogP contribution in [0.3, 0.4) is 0 Å². The quantitative estimate of drug-likeness (QED) is 0.725. The van der Waals surface area contributed by atoms with Crippen LogP contribution in [0, 0.1) is 0 Å². The molecule has 0 saturated heterocycles. The van der Waals surface area contributed by atoms with E-state index in [1.807, 2.05) is 0 Å². The molecule has 1 aromatic heterocycles. The molecule has 0 unspecified atom stereocenters. The first kappa shape index (κ1) is 13.7. The van der Waals surface area contributed by atoms with Crippen molar-refractivity contribution in [3.63, 3.8) is 0 Å². The molecule has 1 aliphatic rings. The maximum atomic E-state index is 8.85. The molecular formula is C17H24N2O. The summed E-state index contributed by atoms with van der Waals surface area (Å²) in [7, 11) is 0. The molecule has 3 nitrogen and oxygen atoms in total. The van der Waals surface area contributed by atoms with Gasteiger partial charge in [-0.15, -0.1) is 0 Å². The maximum Gasteiger partial charge on any atom is 0.0525 e. The van der Waals surface area contributed by atoms with Crippen LogP contribution in [0.5, 0.6) is 0 Å². The van der Waals surface area contributed by atoms with Crippen LogP contribution in [0.15, 0.2) is 30.5 Å². The number of unbranched alkanes of at least 4 members (excludes halogenated alkanes) is 2. The molecular weight excluding hydrogens is 248 g/mol. The zero-order valence-corrected chi connectivity index (χ0v) is 12.0. The summed E-state index contributed by atoms with van der Waals surface area (Å²) in [5, 5.41) is 13.8. The average Bonchev–Trinajstić information content (AvgIpc) is 3.21. The summed E-state index contributed by atoms with van der Waals surface area (Å²) < 4.78 is 2.37. The zero-order chi connectivity index (χ0) is 13.8. The summed E-state index contributed by atoms with van der Waals surface area (Å²) in [5.74, 6) is 0. The highest BCUT2D eigenvalue weighted by molar-refractivity contribution is 5.83. The Morgan fingerprint density at radius 3 is 2.85 bits per heavy atom. The van der Waals surface area contributed by atoms with Crippen LogP contribution in [0.25, 0.3) is 10.9 Å². The summed E-state index contributed by atoms with van der Waals surface area (Å²) in [5.41, 5.74) is 2.78. The third-order valence-corrected chi connectivity index (χ3v) is 4.09. The third-order valence-electron chi connectivity index (χ3n) is 4.09. The smallest absolute Gasteiger partial charge is 0.0525 e. The van der Waals surface area contributed by atoms with Crippen LogP contribution in [-0.4, -0.2) is 22.3 Å². The van der Waals surface area contributed by atoms with Gasteiger partial charge in [0.05, 0.1) is 5.52 Å². The van der Waals surface area contributed by atoms with E-state index in [4.69, 9.17) is 5.11 Å². The molecule has 3 rings (SSSR count). The summed E-state index contributed by atoms with van der Waals surface area (Å²) in [6, 6.07) is 9.55. The fraction of sp³-hybridized carbons (Fsp3) is 0.529. The second-order valence-electron chi connectivity index (χ2n) is 5.80. The Morgan fingerprint density at radius 1 is 1.15 bits per heavy atom. The number of hydrogen-bond donors (Lipinski definition) is 2. The highest BCUT2D eigenvalue weighted by Crippen LogP contribution is 2.23. The first-order valence-corrected chi connectivity index (χ1v) is 7.79. The molecule has 1 fully saturated rings. The van der Waals surface area contributed by atoms with Gasteiger partial charge in [0.25, 0.3) is 0 Å². The van der Waals surface area contributed by atoms with Crippen molar-refractivity contribution in [3.05, 3.63) is 36.0 Å². The van der Waals surface area contributed by atoms with E-state index in [0.29, 0.717) is 6.61 Å². The van der Waals surface area contributed by atoms with Gasteiger partial charge in [-0.25, -0.2) is 0 Å². The van der Waals surface area contributed by atoms with Crippen LogP contribution >= 0.6 is 0 Å². The fourth-order valence-electron chi connectivity index (χ4n) is 2.78. The van der Waals surface area contributed by atoms with Crippen molar-refractivity contribution >= 4 is 10.9 Å². The third kappa shape index (κ3) is 3.22. The number of para-hydroxylation sites is 1. The van der Waals surface area contributed by atoms with Crippen molar-refractivity contribution in [3.8, 4) is 0 Å². The predicted molar refractivity (Wildman–Crippen MR) is 82.7 cm³/mol. The molecule has 0 atom stereocenters. The number of fused-ring (bicyclic) bond motifs is 1.